The maximum absolute atomic E-state index is 15.7. The molecule has 2 atom stereocenters. The van der Waals surface area contributed by atoms with Gasteiger partial charge < -0.3 is 4.55 Å². The quantitative estimate of drug-likeness (QED) is 0.152. The van der Waals surface area contributed by atoms with E-state index in [1.54, 1.807) is 0 Å². The van der Waals surface area contributed by atoms with E-state index in [0.29, 0.717) is 0 Å². The number of rotatable bonds is 10. The number of hydrogen-bond acceptors (Lipinski definition) is 1. The second-order valence-electron chi connectivity index (χ2n) is 10.6. The molecule has 0 aliphatic rings. The number of hydrogen-bond donors (Lipinski definition) is 0. The topological polar surface area (TPSA) is 23.1 Å². The smallest absolute Gasteiger partial charge is 0.152 e. The maximum Gasteiger partial charge on any atom is 0.152 e. The van der Waals surface area contributed by atoms with Crippen LogP contribution in [0.2, 0.25) is 0 Å². The van der Waals surface area contributed by atoms with Crippen molar-refractivity contribution < 1.29 is 4.55 Å². The Bertz CT molecular complexity index is 1420. The van der Waals surface area contributed by atoms with E-state index in [0.717, 1.165) is 33.4 Å². The van der Waals surface area contributed by atoms with E-state index < -0.39 is 11.2 Å². The van der Waals surface area contributed by atoms with Crippen molar-refractivity contribution in [3.63, 3.8) is 0 Å². The summed E-state index contributed by atoms with van der Waals surface area (Å²) in [5, 5.41) is -0.590. The molecule has 0 saturated carbocycles. The third-order valence-electron chi connectivity index (χ3n) is 8.00. The van der Waals surface area contributed by atoms with E-state index in [9.17, 15) is 0 Å². The lowest BCUT2D eigenvalue weighted by Gasteiger charge is -2.38. The standard InChI is InChI=1S/C40H34OS/c41-42(39(35-27-15-5-16-28-35)37(31-19-7-1-8-20-31)32-21-9-2-10-22-32)40(36-29-17-6-18-30-36)38(33-23-11-3-12-24-33)34-25-13-4-14-26-34/h1-30,37-40H. The summed E-state index contributed by atoms with van der Waals surface area (Å²) < 4.78 is 15.7. The first-order chi connectivity index (χ1) is 20.8. The van der Waals surface area contributed by atoms with Gasteiger partial charge in [-0.2, -0.15) is 0 Å². The highest BCUT2D eigenvalue weighted by atomic mass is 32.2. The van der Waals surface area contributed by atoms with Crippen LogP contribution in [-0.2, 0) is 11.2 Å². The van der Waals surface area contributed by atoms with Crippen molar-refractivity contribution in [2.45, 2.75) is 22.3 Å². The predicted octanol–water partition coefficient (Wildman–Crippen LogP) is 9.88. The molecule has 6 rings (SSSR count). The van der Waals surface area contributed by atoms with Crippen molar-refractivity contribution in [2.24, 2.45) is 0 Å². The molecular formula is C40H34OS. The summed E-state index contributed by atoms with van der Waals surface area (Å²) >= 11 is -1.36. The molecule has 0 aliphatic heterocycles. The Morgan fingerprint density at radius 2 is 0.476 bits per heavy atom. The second kappa shape index (κ2) is 13.5. The van der Waals surface area contributed by atoms with Gasteiger partial charge in [0.2, 0.25) is 0 Å². The molecule has 0 heterocycles. The fraction of sp³-hybridized carbons (Fsp3) is 0.100. The van der Waals surface area contributed by atoms with Crippen molar-refractivity contribution in [3.8, 4) is 0 Å². The molecule has 0 N–H and O–H groups in total. The minimum Gasteiger partial charge on any atom is -0.615 e. The molecule has 206 valence electrons. The van der Waals surface area contributed by atoms with Crippen LogP contribution in [-0.4, -0.2) is 4.55 Å². The largest absolute Gasteiger partial charge is 0.615 e. The zero-order valence-electron chi connectivity index (χ0n) is 23.4. The van der Waals surface area contributed by atoms with Crippen LogP contribution in [0, 0.1) is 0 Å². The van der Waals surface area contributed by atoms with Gasteiger partial charge in [0.25, 0.3) is 0 Å². The molecule has 6 aromatic carbocycles. The Kier molecular flexibility index (Phi) is 8.95. The van der Waals surface area contributed by atoms with Crippen LogP contribution in [0.25, 0.3) is 0 Å². The molecule has 1 nitrogen and oxygen atoms in total. The predicted molar refractivity (Wildman–Crippen MR) is 176 cm³/mol. The van der Waals surface area contributed by atoms with Crippen molar-refractivity contribution in [2.75, 3.05) is 0 Å². The van der Waals surface area contributed by atoms with Gasteiger partial charge in [-0.1, -0.05) is 182 Å². The fourth-order valence-electron chi connectivity index (χ4n) is 6.09. The fourth-order valence-corrected chi connectivity index (χ4v) is 8.42. The summed E-state index contributed by atoms with van der Waals surface area (Å²) in [6, 6.07) is 63.2. The van der Waals surface area contributed by atoms with Crippen LogP contribution >= 0.6 is 0 Å². The molecule has 0 aliphatic carbocycles. The van der Waals surface area contributed by atoms with Crippen molar-refractivity contribution >= 4 is 11.2 Å². The molecule has 0 saturated heterocycles. The highest BCUT2D eigenvalue weighted by molar-refractivity contribution is 7.92. The second-order valence-corrected chi connectivity index (χ2v) is 12.3. The van der Waals surface area contributed by atoms with Crippen LogP contribution < -0.4 is 0 Å². The van der Waals surface area contributed by atoms with Gasteiger partial charge in [0.05, 0.1) is 11.8 Å². The molecule has 42 heavy (non-hydrogen) atoms. The third kappa shape index (κ3) is 6.11. The van der Waals surface area contributed by atoms with E-state index >= 15 is 4.55 Å². The molecule has 0 spiro atoms. The zero-order chi connectivity index (χ0) is 28.6. The Labute approximate surface area is 252 Å². The summed E-state index contributed by atoms with van der Waals surface area (Å²) in [5.41, 5.74) is 6.80. The Morgan fingerprint density at radius 1 is 0.286 bits per heavy atom. The zero-order valence-corrected chi connectivity index (χ0v) is 24.3. The summed E-state index contributed by atoms with van der Waals surface area (Å²) in [7, 11) is 0. The van der Waals surface area contributed by atoms with Gasteiger partial charge >= 0.3 is 0 Å². The van der Waals surface area contributed by atoms with E-state index in [1.165, 1.54) is 0 Å². The van der Waals surface area contributed by atoms with E-state index in [1.807, 2.05) is 36.4 Å². The van der Waals surface area contributed by atoms with Gasteiger partial charge in [0, 0.05) is 11.1 Å². The first kappa shape index (κ1) is 27.8. The van der Waals surface area contributed by atoms with Crippen molar-refractivity contribution in [3.05, 3.63) is 215 Å². The molecule has 2 unspecified atom stereocenters. The third-order valence-corrected chi connectivity index (χ3v) is 10.1. The molecule has 0 radical (unpaired) electrons. The lowest BCUT2D eigenvalue weighted by Crippen LogP contribution is -2.30. The lowest BCUT2D eigenvalue weighted by atomic mass is 9.85. The van der Waals surface area contributed by atoms with E-state index in [-0.39, 0.29) is 22.3 Å². The average Bonchev–Trinajstić information content (AvgIpc) is 3.08. The van der Waals surface area contributed by atoms with E-state index in [2.05, 4.69) is 146 Å². The first-order valence-electron chi connectivity index (χ1n) is 14.5. The van der Waals surface area contributed by atoms with E-state index in [4.69, 9.17) is 0 Å². The number of benzene rings is 6. The molecule has 0 amide bonds. The summed E-state index contributed by atoms with van der Waals surface area (Å²) in [6.45, 7) is 0. The van der Waals surface area contributed by atoms with Crippen molar-refractivity contribution in [1.29, 1.82) is 0 Å². The van der Waals surface area contributed by atoms with Crippen LogP contribution in [0.3, 0.4) is 0 Å². The monoisotopic (exact) mass is 562 g/mol. The van der Waals surface area contributed by atoms with Gasteiger partial charge in [-0.3, -0.25) is 0 Å². The van der Waals surface area contributed by atoms with Crippen LogP contribution in [0.1, 0.15) is 55.7 Å². The average molecular weight is 563 g/mol. The Hall–Kier alpha value is -4.37. The first-order valence-corrected chi connectivity index (χ1v) is 15.8. The summed E-state index contributed by atoms with van der Waals surface area (Å²) in [4.78, 5) is 0. The SMILES string of the molecule is [O-][S+](C(c1ccccc1)C(c1ccccc1)c1ccccc1)C(c1ccccc1)C(c1ccccc1)c1ccccc1. The highest BCUT2D eigenvalue weighted by Gasteiger charge is 2.44. The summed E-state index contributed by atoms with van der Waals surface area (Å²) in [6.07, 6.45) is 0. The highest BCUT2D eigenvalue weighted by Crippen LogP contribution is 2.51. The minimum absolute atomic E-state index is 0.103. The van der Waals surface area contributed by atoms with Gasteiger partial charge in [0.1, 0.15) is 0 Å². The maximum atomic E-state index is 15.7. The van der Waals surface area contributed by atoms with Crippen LogP contribution in [0.4, 0.5) is 0 Å². The molecular weight excluding hydrogens is 529 g/mol. The van der Waals surface area contributed by atoms with Crippen LogP contribution in [0.15, 0.2) is 182 Å². The molecule has 6 aromatic rings. The minimum atomic E-state index is -1.36. The lowest BCUT2D eigenvalue weighted by molar-refractivity contribution is 0.547. The normalized spacial score (nSPS) is 13.5. The van der Waals surface area contributed by atoms with Crippen LogP contribution in [0.5, 0.6) is 0 Å². The van der Waals surface area contributed by atoms with Gasteiger partial charge in [0.15, 0.2) is 10.5 Å². The Morgan fingerprint density at radius 3 is 0.690 bits per heavy atom. The Balaban J connectivity index is 1.59. The van der Waals surface area contributed by atoms with Crippen molar-refractivity contribution in [1.82, 2.24) is 0 Å². The van der Waals surface area contributed by atoms with Gasteiger partial charge in [-0.15, -0.1) is 0 Å². The molecule has 0 fully saturated rings. The summed E-state index contributed by atoms with van der Waals surface area (Å²) in [5.74, 6) is -0.205. The van der Waals surface area contributed by atoms with Gasteiger partial charge in [-0.25, -0.2) is 0 Å². The molecule has 0 aromatic heterocycles. The molecule has 0 bridgehead atoms. The van der Waals surface area contributed by atoms with Gasteiger partial charge in [-0.05, 0) is 33.4 Å². The molecule has 2 heteroatoms.